The molecule has 0 radical (unpaired) electrons. The second-order valence-electron chi connectivity index (χ2n) is 4.20. The predicted molar refractivity (Wildman–Crippen MR) is 77.3 cm³/mol. The number of hydrogen-bond acceptors (Lipinski definition) is 3. The number of hydrogen-bond donors (Lipinski definition) is 0. The van der Waals surface area contributed by atoms with Gasteiger partial charge in [-0.05, 0) is 12.1 Å². The van der Waals surface area contributed by atoms with Crippen molar-refractivity contribution in [3.8, 4) is 0 Å². The topological polar surface area (TPSA) is 34.0 Å². The summed E-state index contributed by atoms with van der Waals surface area (Å²) in [6.07, 6.45) is 0. The lowest BCUT2D eigenvalue weighted by Gasteiger charge is -2.06. The third-order valence-corrected chi connectivity index (χ3v) is 2.83. The van der Waals surface area contributed by atoms with Gasteiger partial charge in [0.1, 0.15) is 12.3 Å². The Bertz CT molecular complexity index is 603. The molecule has 19 heavy (non-hydrogen) atoms. The first-order valence-electron chi connectivity index (χ1n) is 6.30. The largest absolute Gasteiger partial charge is 0.474 e. The molecule has 1 aliphatic rings. The van der Waals surface area contributed by atoms with Gasteiger partial charge in [0.2, 0.25) is 5.90 Å². The van der Waals surface area contributed by atoms with Crippen molar-refractivity contribution in [2.45, 2.75) is 0 Å². The average molecular weight is 250 g/mol. The second kappa shape index (κ2) is 5.48. The Morgan fingerprint density at radius 1 is 0.947 bits per heavy atom. The molecule has 0 atom stereocenters. The number of para-hydroxylation sites is 1. The van der Waals surface area contributed by atoms with Crippen molar-refractivity contribution >= 4 is 17.3 Å². The van der Waals surface area contributed by atoms with E-state index in [1.54, 1.807) is 0 Å². The first kappa shape index (κ1) is 11.7. The van der Waals surface area contributed by atoms with E-state index in [0.29, 0.717) is 19.0 Å². The van der Waals surface area contributed by atoms with E-state index in [0.717, 1.165) is 17.0 Å². The Hall–Kier alpha value is -2.42. The Morgan fingerprint density at radius 2 is 1.63 bits per heavy atom. The first-order chi connectivity index (χ1) is 9.43. The number of rotatable bonds is 3. The molecule has 1 aliphatic heterocycles. The van der Waals surface area contributed by atoms with E-state index in [1.165, 1.54) is 0 Å². The van der Waals surface area contributed by atoms with Gasteiger partial charge in [-0.15, -0.1) is 0 Å². The van der Waals surface area contributed by atoms with Crippen LogP contribution in [0, 0.1) is 0 Å². The van der Waals surface area contributed by atoms with Crippen molar-refractivity contribution in [2.24, 2.45) is 9.98 Å². The van der Waals surface area contributed by atoms with E-state index in [9.17, 15) is 0 Å². The summed E-state index contributed by atoms with van der Waals surface area (Å²) in [6, 6.07) is 19.9. The van der Waals surface area contributed by atoms with Crippen LogP contribution < -0.4 is 0 Å². The van der Waals surface area contributed by atoms with Crippen molar-refractivity contribution in [3.05, 3.63) is 66.2 Å². The van der Waals surface area contributed by atoms with Crippen LogP contribution >= 0.6 is 0 Å². The van der Waals surface area contributed by atoms with Crippen LogP contribution in [0.25, 0.3) is 0 Å². The maximum atomic E-state index is 5.56. The van der Waals surface area contributed by atoms with Crippen LogP contribution in [0.1, 0.15) is 5.56 Å². The number of ether oxygens (including phenoxy) is 1. The molecule has 2 aromatic rings. The molecule has 0 unspecified atom stereocenters. The first-order valence-corrected chi connectivity index (χ1v) is 6.30. The van der Waals surface area contributed by atoms with Crippen molar-refractivity contribution in [1.82, 2.24) is 0 Å². The molecular formula is C16H14N2O. The zero-order chi connectivity index (χ0) is 12.9. The van der Waals surface area contributed by atoms with Gasteiger partial charge in [-0.1, -0.05) is 48.5 Å². The molecule has 0 spiro atoms. The third-order valence-electron chi connectivity index (χ3n) is 2.83. The number of benzene rings is 2. The van der Waals surface area contributed by atoms with Crippen LogP contribution in [-0.2, 0) is 4.74 Å². The summed E-state index contributed by atoms with van der Waals surface area (Å²) < 4.78 is 5.56. The Balaban J connectivity index is 2.04. The fraction of sp³-hybridized carbons (Fsp3) is 0.125. The summed E-state index contributed by atoms with van der Waals surface area (Å²) in [5.41, 5.74) is 2.72. The molecule has 3 nitrogen and oxygen atoms in total. The molecule has 0 aliphatic carbocycles. The maximum absolute atomic E-state index is 5.56. The van der Waals surface area contributed by atoms with Crippen molar-refractivity contribution in [3.63, 3.8) is 0 Å². The number of aliphatic imine (C=N–C) groups is 2. The van der Waals surface area contributed by atoms with Gasteiger partial charge in [0.25, 0.3) is 0 Å². The summed E-state index contributed by atoms with van der Waals surface area (Å²) in [4.78, 5) is 9.04. The van der Waals surface area contributed by atoms with Crippen LogP contribution in [-0.4, -0.2) is 24.8 Å². The van der Waals surface area contributed by atoms with Crippen molar-refractivity contribution < 1.29 is 4.74 Å². The van der Waals surface area contributed by atoms with Gasteiger partial charge in [0, 0.05) is 5.56 Å². The molecule has 3 heteroatoms. The standard InChI is InChI=1S/C16H14N2O/c1-3-7-13(8-4-1)15(16-17-11-12-19-16)18-14-9-5-2-6-10-14/h1-10H,11-12H2/b18-15+. The van der Waals surface area contributed by atoms with Gasteiger partial charge in [0.15, 0.2) is 0 Å². The van der Waals surface area contributed by atoms with E-state index in [1.807, 2.05) is 60.7 Å². The monoisotopic (exact) mass is 250 g/mol. The molecule has 0 N–H and O–H groups in total. The summed E-state index contributed by atoms with van der Waals surface area (Å²) in [6.45, 7) is 1.34. The fourth-order valence-corrected chi connectivity index (χ4v) is 1.94. The molecule has 3 rings (SSSR count). The summed E-state index contributed by atoms with van der Waals surface area (Å²) in [5.74, 6) is 0.634. The van der Waals surface area contributed by atoms with Crippen LogP contribution in [0.2, 0.25) is 0 Å². The predicted octanol–water partition coefficient (Wildman–Crippen LogP) is 3.24. The quantitative estimate of drug-likeness (QED) is 0.770. The maximum Gasteiger partial charge on any atom is 0.236 e. The highest BCUT2D eigenvalue weighted by atomic mass is 16.5. The molecule has 94 valence electrons. The molecule has 1 heterocycles. The molecule has 2 aromatic carbocycles. The fourth-order valence-electron chi connectivity index (χ4n) is 1.94. The smallest absolute Gasteiger partial charge is 0.236 e. The highest BCUT2D eigenvalue weighted by molar-refractivity contribution is 6.46. The van der Waals surface area contributed by atoms with Crippen LogP contribution in [0.5, 0.6) is 0 Å². The second-order valence-corrected chi connectivity index (χ2v) is 4.20. The lowest BCUT2D eigenvalue weighted by Crippen LogP contribution is -2.15. The zero-order valence-corrected chi connectivity index (χ0v) is 10.5. The van der Waals surface area contributed by atoms with Crippen LogP contribution in [0.4, 0.5) is 5.69 Å². The minimum Gasteiger partial charge on any atom is -0.474 e. The molecule has 0 saturated carbocycles. The Labute approximate surface area is 112 Å². The van der Waals surface area contributed by atoms with Crippen molar-refractivity contribution in [1.29, 1.82) is 0 Å². The minimum absolute atomic E-state index is 0.634. The van der Waals surface area contributed by atoms with Crippen LogP contribution in [0.15, 0.2) is 70.6 Å². The van der Waals surface area contributed by atoms with Gasteiger partial charge >= 0.3 is 0 Å². The molecule has 0 aromatic heterocycles. The van der Waals surface area contributed by atoms with Gasteiger partial charge < -0.3 is 4.74 Å². The molecule has 0 bridgehead atoms. The lowest BCUT2D eigenvalue weighted by molar-refractivity contribution is 0.353. The SMILES string of the molecule is c1ccc(/N=C(/C2=NCCO2)c2ccccc2)cc1. The molecule has 0 amide bonds. The van der Waals surface area contributed by atoms with E-state index >= 15 is 0 Å². The minimum atomic E-state index is 0.634. The summed E-state index contributed by atoms with van der Waals surface area (Å²) in [7, 11) is 0. The van der Waals surface area contributed by atoms with E-state index in [2.05, 4.69) is 9.98 Å². The molecule has 0 saturated heterocycles. The normalized spacial score (nSPS) is 14.9. The average Bonchev–Trinajstić information content (AvgIpc) is 3.01. The number of nitrogens with zero attached hydrogens (tertiary/aromatic N) is 2. The van der Waals surface area contributed by atoms with E-state index in [4.69, 9.17) is 4.74 Å². The molecular weight excluding hydrogens is 236 g/mol. The van der Waals surface area contributed by atoms with Gasteiger partial charge in [0.05, 0.1) is 12.2 Å². The van der Waals surface area contributed by atoms with E-state index in [-0.39, 0.29) is 0 Å². The Morgan fingerprint density at radius 3 is 2.26 bits per heavy atom. The van der Waals surface area contributed by atoms with Gasteiger partial charge in [-0.3, -0.25) is 0 Å². The van der Waals surface area contributed by atoms with E-state index < -0.39 is 0 Å². The highest BCUT2D eigenvalue weighted by Crippen LogP contribution is 2.15. The zero-order valence-electron chi connectivity index (χ0n) is 10.5. The highest BCUT2D eigenvalue weighted by Gasteiger charge is 2.17. The Kier molecular flexibility index (Phi) is 3.36. The summed E-state index contributed by atoms with van der Waals surface area (Å²) in [5, 5.41) is 0. The van der Waals surface area contributed by atoms with Crippen molar-refractivity contribution in [2.75, 3.05) is 13.2 Å². The van der Waals surface area contributed by atoms with Gasteiger partial charge in [-0.25, -0.2) is 9.98 Å². The van der Waals surface area contributed by atoms with Gasteiger partial charge in [-0.2, -0.15) is 0 Å². The van der Waals surface area contributed by atoms with Crippen LogP contribution in [0.3, 0.4) is 0 Å². The summed E-state index contributed by atoms with van der Waals surface area (Å²) >= 11 is 0. The molecule has 0 fully saturated rings. The third kappa shape index (κ3) is 2.71. The lowest BCUT2D eigenvalue weighted by atomic mass is 10.1.